The van der Waals surface area contributed by atoms with Crippen molar-refractivity contribution in [3.63, 3.8) is 0 Å². The van der Waals surface area contributed by atoms with Gasteiger partial charge in [-0.1, -0.05) is 19.8 Å². The van der Waals surface area contributed by atoms with Gasteiger partial charge in [0.1, 0.15) is 0 Å². The fraction of sp³-hybridized carbons (Fsp3) is 0.640. The lowest BCUT2D eigenvalue weighted by molar-refractivity contribution is -0.134. The standard InChI is InChI=1S/C25H36N2O6/c1-3-31-22-15-19(11-12-21(22)32-17-24(29)27-13-7-4-8-14-27)25(30)33-16-23(28)26-20-10-6-5-9-18(20)2/h11-12,15,18,20H,3-10,13-14,16-17H2,1-2H3,(H,26,28)/t18-,20-/m1/s1. The molecule has 0 spiro atoms. The number of rotatable bonds is 9. The van der Waals surface area contributed by atoms with Gasteiger partial charge in [-0.05, 0) is 63.1 Å². The Hall–Kier alpha value is -2.77. The van der Waals surface area contributed by atoms with Crippen molar-refractivity contribution in [2.24, 2.45) is 5.92 Å². The summed E-state index contributed by atoms with van der Waals surface area (Å²) in [7, 11) is 0. The van der Waals surface area contributed by atoms with Gasteiger partial charge in [-0.2, -0.15) is 0 Å². The molecule has 1 aromatic rings. The molecule has 1 aliphatic carbocycles. The topological polar surface area (TPSA) is 94.2 Å². The van der Waals surface area contributed by atoms with Crippen LogP contribution >= 0.6 is 0 Å². The summed E-state index contributed by atoms with van der Waals surface area (Å²) in [6.45, 7) is 5.45. The lowest BCUT2D eigenvalue weighted by Gasteiger charge is -2.29. The maximum absolute atomic E-state index is 12.5. The summed E-state index contributed by atoms with van der Waals surface area (Å²) in [5.41, 5.74) is 0.256. The molecule has 1 heterocycles. The Morgan fingerprint density at radius 1 is 0.970 bits per heavy atom. The molecule has 8 nitrogen and oxygen atoms in total. The minimum atomic E-state index is -0.612. The average Bonchev–Trinajstić information content (AvgIpc) is 2.83. The predicted octanol–water partition coefficient (Wildman–Crippen LogP) is 3.33. The first kappa shape index (κ1) is 24.9. The van der Waals surface area contributed by atoms with Crippen molar-refractivity contribution in [2.75, 3.05) is 32.9 Å². The van der Waals surface area contributed by atoms with Gasteiger partial charge in [0.2, 0.25) is 0 Å². The second-order valence-corrected chi connectivity index (χ2v) is 8.84. The molecule has 0 bridgehead atoms. The van der Waals surface area contributed by atoms with Crippen LogP contribution in [0.1, 0.15) is 69.2 Å². The van der Waals surface area contributed by atoms with E-state index in [1.54, 1.807) is 12.1 Å². The molecule has 1 N–H and O–H groups in total. The van der Waals surface area contributed by atoms with Crippen molar-refractivity contribution < 1.29 is 28.6 Å². The van der Waals surface area contributed by atoms with Gasteiger partial charge in [0, 0.05) is 19.1 Å². The number of carbonyl (C=O) groups is 3. The van der Waals surface area contributed by atoms with Gasteiger partial charge in [-0.15, -0.1) is 0 Å². The Kier molecular flexibility index (Phi) is 9.39. The van der Waals surface area contributed by atoms with Gasteiger partial charge in [0.25, 0.3) is 11.8 Å². The van der Waals surface area contributed by atoms with E-state index in [9.17, 15) is 14.4 Å². The highest BCUT2D eigenvalue weighted by Gasteiger charge is 2.23. The molecule has 1 aliphatic heterocycles. The Morgan fingerprint density at radius 3 is 2.45 bits per heavy atom. The molecule has 3 rings (SSSR count). The number of carbonyl (C=O) groups excluding carboxylic acids is 3. The summed E-state index contributed by atoms with van der Waals surface area (Å²) in [5.74, 6) is 0.226. The zero-order chi connectivity index (χ0) is 23.6. The van der Waals surface area contributed by atoms with Gasteiger partial charge in [0.05, 0.1) is 12.2 Å². The van der Waals surface area contributed by atoms with E-state index >= 15 is 0 Å². The van der Waals surface area contributed by atoms with Crippen LogP contribution in [0.5, 0.6) is 11.5 Å². The lowest BCUT2D eigenvalue weighted by Crippen LogP contribution is -2.42. The molecule has 2 aliphatic rings. The SMILES string of the molecule is CCOc1cc(C(=O)OCC(=O)N[C@@H]2CCCC[C@H]2C)ccc1OCC(=O)N1CCCCC1. The summed E-state index contributed by atoms with van der Waals surface area (Å²) >= 11 is 0. The van der Waals surface area contributed by atoms with Crippen LogP contribution in [0.15, 0.2) is 18.2 Å². The number of esters is 1. The molecule has 2 amide bonds. The molecule has 182 valence electrons. The highest BCUT2D eigenvalue weighted by atomic mass is 16.5. The summed E-state index contributed by atoms with van der Waals surface area (Å²) in [4.78, 5) is 38.9. The second kappa shape index (κ2) is 12.5. The van der Waals surface area contributed by atoms with Crippen LogP contribution in [0.4, 0.5) is 0 Å². The van der Waals surface area contributed by atoms with Crippen LogP contribution in [-0.2, 0) is 14.3 Å². The maximum Gasteiger partial charge on any atom is 0.338 e. The number of nitrogens with zero attached hydrogens (tertiary/aromatic N) is 1. The molecule has 0 radical (unpaired) electrons. The largest absolute Gasteiger partial charge is 0.490 e. The lowest BCUT2D eigenvalue weighted by atomic mass is 9.86. The van der Waals surface area contributed by atoms with Crippen molar-refractivity contribution in [2.45, 2.75) is 64.8 Å². The summed E-state index contributed by atoms with van der Waals surface area (Å²) in [5, 5.41) is 2.97. The summed E-state index contributed by atoms with van der Waals surface area (Å²) in [6, 6.07) is 4.80. The van der Waals surface area contributed by atoms with Gasteiger partial charge in [-0.25, -0.2) is 4.79 Å². The molecule has 1 aromatic carbocycles. The average molecular weight is 461 g/mol. The monoisotopic (exact) mass is 460 g/mol. The minimum absolute atomic E-state index is 0.0565. The summed E-state index contributed by atoms with van der Waals surface area (Å²) < 4.78 is 16.5. The van der Waals surface area contributed by atoms with Crippen molar-refractivity contribution in [1.82, 2.24) is 10.2 Å². The Labute approximate surface area is 195 Å². The quantitative estimate of drug-likeness (QED) is 0.568. The normalized spacial score (nSPS) is 20.6. The third kappa shape index (κ3) is 7.37. The molecular formula is C25H36N2O6. The highest BCUT2D eigenvalue weighted by Crippen LogP contribution is 2.29. The fourth-order valence-electron chi connectivity index (χ4n) is 4.39. The molecule has 1 saturated carbocycles. The number of likely N-dealkylation sites (tertiary alicyclic amines) is 1. The van der Waals surface area contributed by atoms with Crippen molar-refractivity contribution in [1.29, 1.82) is 0 Å². The number of ether oxygens (including phenoxy) is 3. The maximum atomic E-state index is 12.5. The second-order valence-electron chi connectivity index (χ2n) is 8.84. The number of nitrogens with one attached hydrogen (secondary N) is 1. The molecule has 2 fully saturated rings. The molecular weight excluding hydrogens is 424 g/mol. The Balaban J connectivity index is 1.53. The number of amides is 2. The van der Waals surface area contributed by atoms with Crippen LogP contribution in [-0.4, -0.2) is 61.6 Å². The molecule has 0 unspecified atom stereocenters. The first-order chi connectivity index (χ1) is 16.0. The van der Waals surface area contributed by atoms with E-state index in [2.05, 4.69) is 12.2 Å². The molecule has 2 atom stereocenters. The first-order valence-electron chi connectivity index (χ1n) is 12.1. The van der Waals surface area contributed by atoms with Crippen LogP contribution < -0.4 is 14.8 Å². The summed E-state index contributed by atoms with van der Waals surface area (Å²) in [6.07, 6.45) is 7.54. The minimum Gasteiger partial charge on any atom is -0.490 e. The first-order valence-corrected chi connectivity index (χ1v) is 12.1. The van der Waals surface area contributed by atoms with Gasteiger partial charge in [-0.3, -0.25) is 9.59 Å². The third-order valence-electron chi connectivity index (χ3n) is 6.33. The van der Waals surface area contributed by atoms with Gasteiger partial charge in [0.15, 0.2) is 24.7 Å². The molecule has 0 aromatic heterocycles. The highest BCUT2D eigenvalue weighted by molar-refractivity contribution is 5.92. The van der Waals surface area contributed by atoms with E-state index in [1.807, 2.05) is 11.8 Å². The fourth-order valence-corrected chi connectivity index (χ4v) is 4.39. The van der Waals surface area contributed by atoms with Gasteiger partial charge < -0.3 is 24.4 Å². The van der Waals surface area contributed by atoms with Crippen molar-refractivity contribution in [3.05, 3.63) is 23.8 Å². The smallest absolute Gasteiger partial charge is 0.338 e. The number of hydrogen-bond donors (Lipinski definition) is 1. The van der Waals surface area contributed by atoms with Crippen LogP contribution in [0.25, 0.3) is 0 Å². The van der Waals surface area contributed by atoms with Gasteiger partial charge >= 0.3 is 5.97 Å². The zero-order valence-corrected chi connectivity index (χ0v) is 19.8. The van der Waals surface area contributed by atoms with E-state index < -0.39 is 5.97 Å². The zero-order valence-electron chi connectivity index (χ0n) is 19.8. The molecule has 1 saturated heterocycles. The molecule has 8 heteroatoms. The van der Waals surface area contributed by atoms with E-state index in [-0.39, 0.29) is 36.6 Å². The van der Waals surface area contributed by atoms with Crippen LogP contribution in [0.3, 0.4) is 0 Å². The Bertz CT molecular complexity index is 821. The number of benzene rings is 1. The predicted molar refractivity (Wildman–Crippen MR) is 123 cm³/mol. The Morgan fingerprint density at radius 2 is 1.73 bits per heavy atom. The number of piperidine rings is 1. The van der Waals surface area contributed by atoms with Crippen molar-refractivity contribution in [3.8, 4) is 11.5 Å². The van der Waals surface area contributed by atoms with E-state index in [0.717, 1.165) is 51.6 Å². The van der Waals surface area contributed by atoms with Crippen LogP contribution in [0.2, 0.25) is 0 Å². The third-order valence-corrected chi connectivity index (χ3v) is 6.33. The van der Waals surface area contributed by atoms with E-state index in [1.165, 1.54) is 12.5 Å². The number of hydrogen-bond acceptors (Lipinski definition) is 6. The molecule has 33 heavy (non-hydrogen) atoms. The van der Waals surface area contributed by atoms with E-state index in [0.29, 0.717) is 24.0 Å². The van der Waals surface area contributed by atoms with Crippen molar-refractivity contribution >= 4 is 17.8 Å². The van der Waals surface area contributed by atoms with E-state index in [4.69, 9.17) is 14.2 Å². The van der Waals surface area contributed by atoms with Crippen LogP contribution in [0, 0.1) is 5.92 Å².